The van der Waals surface area contributed by atoms with E-state index in [-0.39, 0.29) is 5.41 Å². The van der Waals surface area contributed by atoms with Crippen LogP contribution in [0.1, 0.15) is 38.5 Å². The lowest BCUT2D eigenvalue weighted by Gasteiger charge is -2.48. The Balaban J connectivity index is 1.52. The van der Waals surface area contributed by atoms with Crippen molar-refractivity contribution in [1.29, 1.82) is 0 Å². The highest BCUT2D eigenvalue weighted by Crippen LogP contribution is 2.43. The second-order valence-corrected chi connectivity index (χ2v) is 7.55. The van der Waals surface area contributed by atoms with Gasteiger partial charge in [0.25, 0.3) is 0 Å². The van der Waals surface area contributed by atoms with Gasteiger partial charge in [-0.15, -0.1) is 0 Å². The van der Waals surface area contributed by atoms with Gasteiger partial charge >= 0.3 is 0 Å². The molecule has 0 N–H and O–H groups in total. The lowest BCUT2D eigenvalue weighted by Crippen LogP contribution is -2.54. The van der Waals surface area contributed by atoms with Gasteiger partial charge in [0.15, 0.2) is 0 Å². The van der Waals surface area contributed by atoms with E-state index in [1.807, 2.05) is 12.1 Å². The molecule has 118 valence electrons. The minimum Gasteiger partial charge on any atom is -0.356 e. The molecule has 0 aromatic carbocycles. The molecule has 1 amide bonds. The molecule has 1 saturated carbocycles. The van der Waals surface area contributed by atoms with Crippen molar-refractivity contribution in [1.82, 2.24) is 9.88 Å². The number of likely N-dealkylation sites (tertiary alicyclic amines) is 1. The van der Waals surface area contributed by atoms with Crippen LogP contribution in [0, 0.1) is 5.41 Å². The van der Waals surface area contributed by atoms with Crippen molar-refractivity contribution in [2.45, 2.75) is 44.6 Å². The van der Waals surface area contributed by atoms with Gasteiger partial charge in [-0.1, -0.05) is 11.6 Å². The van der Waals surface area contributed by atoms with Gasteiger partial charge in [-0.05, 0) is 44.2 Å². The van der Waals surface area contributed by atoms with Crippen LogP contribution < -0.4 is 4.90 Å². The summed E-state index contributed by atoms with van der Waals surface area (Å²) in [6, 6.07) is 4.45. The van der Waals surface area contributed by atoms with Crippen LogP contribution >= 0.6 is 11.6 Å². The van der Waals surface area contributed by atoms with Crippen LogP contribution in [0.2, 0.25) is 5.02 Å². The number of halogens is 1. The second kappa shape index (κ2) is 5.41. The number of anilines is 1. The molecule has 1 spiro atoms. The van der Waals surface area contributed by atoms with Crippen molar-refractivity contribution in [2.24, 2.45) is 5.41 Å². The molecule has 0 bridgehead atoms. The maximum Gasteiger partial charge on any atom is 0.222 e. The molecule has 1 aromatic heterocycles. The number of hydrogen-bond acceptors (Lipinski definition) is 3. The third kappa shape index (κ3) is 2.69. The summed E-state index contributed by atoms with van der Waals surface area (Å²) in [5.41, 5.74) is 0.260. The number of aromatic nitrogens is 1. The molecule has 1 atom stereocenters. The highest BCUT2D eigenvalue weighted by molar-refractivity contribution is 6.30. The molecule has 0 radical (unpaired) electrons. The zero-order valence-electron chi connectivity index (χ0n) is 12.8. The van der Waals surface area contributed by atoms with E-state index < -0.39 is 0 Å². The third-order valence-electron chi connectivity index (χ3n) is 5.38. The molecule has 2 saturated heterocycles. The van der Waals surface area contributed by atoms with Crippen LogP contribution in [0.15, 0.2) is 18.3 Å². The lowest BCUT2D eigenvalue weighted by atomic mass is 9.73. The first-order valence-corrected chi connectivity index (χ1v) is 8.69. The molecule has 1 aromatic rings. The Bertz CT molecular complexity index is 572. The average Bonchev–Trinajstić information content (AvgIpc) is 3.36. The van der Waals surface area contributed by atoms with Crippen molar-refractivity contribution in [3.05, 3.63) is 23.4 Å². The fourth-order valence-electron chi connectivity index (χ4n) is 4.05. The largest absolute Gasteiger partial charge is 0.356 e. The Hall–Kier alpha value is -1.29. The van der Waals surface area contributed by atoms with Crippen molar-refractivity contribution in [2.75, 3.05) is 24.5 Å². The number of carbonyl (C=O) groups is 1. The van der Waals surface area contributed by atoms with Gasteiger partial charge in [-0.3, -0.25) is 4.79 Å². The Kier molecular flexibility index (Phi) is 3.52. The zero-order valence-corrected chi connectivity index (χ0v) is 13.6. The highest BCUT2D eigenvalue weighted by Gasteiger charge is 2.45. The van der Waals surface area contributed by atoms with E-state index in [0.29, 0.717) is 17.0 Å². The SMILES string of the molecule is O=C1CC[C@]2(CCCN(c3ccc(Cl)cn3)C2)CN1C1CC1. The van der Waals surface area contributed by atoms with Crippen molar-refractivity contribution in [3.8, 4) is 0 Å². The molecule has 4 nitrogen and oxygen atoms in total. The second-order valence-electron chi connectivity index (χ2n) is 7.11. The van der Waals surface area contributed by atoms with Gasteiger partial charge in [0.1, 0.15) is 5.82 Å². The van der Waals surface area contributed by atoms with E-state index in [1.54, 1.807) is 6.20 Å². The molecule has 3 heterocycles. The normalized spacial score (nSPS) is 29.2. The summed E-state index contributed by atoms with van der Waals surface area (Å²) in [5.74, 6) is 1.38. The Labute approximate surface area is 136 Å². The van der Waals surface area contributed by atoms with Crippen LogP contribution in [0.25, 0.3) is 0 Å². The predicted molar refractivity (Wildman–Crippen MR) is 87.1 cm³/mol. The number of pyridine rings is 1. The fourth-order valence-corrected chi connectivity index (χ4v) is 4.17. The van der Waals surface area contributed by atoms with Crippen LogP contribution in [0.4, 0.5) is 5.82 Å². The number of piperidine rings is 2. The van der Waals surface area contributed by atoms with Gasteiger partial charge < -0.3 is 9.80 Å². The maximum absolute atomic E-state index is 12.2. The third-order valence-corrected chi connectivity index (χ3v) is 5.60. The molecule has 0 unspecified atom stereocenters. The van der Waals surface area contributed by atoms with E-state index in [0.717, 1.165) is 38.3 Å². The first-order chi connectivity index (χ1) is 10.7. The van der Waals surface area contributed by atoms with E-state index in [2.05, 4.69) is 14.8 Å². The minimum atomic E-state index is 0.260. The van der Waals surface area contributed by atoms with E-state index in [4.69, 9.17) is 11.6 Å². The number of amides is 1. The van der Waals surface area contributed by atoms with Crippen LogP contribution in [-0.4, -0.2) is 41.5 Å². The molecule has 4 rings (SSSR count). The Morgan fingerprint density at radius 3 is 2.82 bits per heavy atom. The summed E-state index contributed by atoms with van der Waals surface area (Å²) in [7, 11) is 0. The topological polar surface area (TPSA) is 36.4 Å². The molecule has 22 heavy (non-hydrogen) atoms. The Morgan fingerprint density at radius 2 is 2.09 bits per heavy atom. The zero-order chi connectivity index (χ0) is 15.2. The summed E-state index contributed by atoms with van der Waals surface area (Å²) in [6.07, 6.45) is 8.27. The van der Waals surface area contributed by atoms with Gasteiger partial charge in [-0.25, -0.2) is 4.98 Å². The summed E-state index contributed by atoms with van der Waals surface area (Å²) in [6.45, 7) is 3.01. The van der Waals surface area contributed by atoms with Crippen LogP contribution in [0.3, 0.4) is 0 Å². The van der Waals surface area contributed by atoms with Crippen LogP contribution in [0.5, 0.6) is 0 Å². The Morgan fingerprint density at radius 1 is 1.23 bits per heavy atom. The van der Waals surface area contributed by atoms with E-state index in [1.165, 1.54) is 25.7 Å². The van der Waals surface area contributed by atoms with Crippen molar-refractivity contribution < 1.29 is 4.79 Å². The molecule has 3 fully saturated rings. The average molecular weight is 320 g/mol. The lowest BCUT2D eigenvalue weighted by molar-refractivity contribution is -0.138. The molecule has 5 heteroatoms. The number of hydrogen-bond donors (Lipinski definition) is 0. The van der Waals surface area contributed by atoms with Crippen molar-refractivity contribution >= 4 is 23.3 Å². The maximum atomic E-state index is 12.2. The van der Waals surface area contributed by atoms with Crippen molar-refractivity contribution in [3.63, 3.8) is 0 Å². The first kappa shape index (κ1) is 14.3. The first-order valence-electron chi connectivity index (χ1n) is 8.31. The van der Waals surface area contributed by atoms with Gasteiger partial charge in [0, 0.05) is 43.7 Å². The summed E-state index contributed by atoms with van der Waals surface area (Å²) in [4.78, 5) is 21.2. The number of nitrogens with zero attached hydrogens (tertiary/aromatic N) is 3. The van der Waals surface area contributed by atoms with Crippen LogP contribution in [-0.2, 0) is 4.79 Å². The van der Waals surface area contributed by atoms with E-state index >= 15 is 0 Å². The molecular formula is C17H22ClN3O. The fraction of sp³-hybridized carbons (Fsp3) is 0.647. The van der Waals surface area contributed by atoms with E-state index in [9.17, 15) is 4.79 Å². The minimum absolute atomic E-state index is 0.260. The van der Waals surface area contributed by atoms with Gasteiger partial charge in [0.05, 0.1) is 5.02 Å². The smallest absolute Gasteiger partial charge is 0.222 e. The monoisotopic (exact) mass is 319 g/mol. The standard InChI is InChI=1S/C17H22ClN3O/c18-13-2-5-15(19-10-13)20-9-1-7-17(11-20)8-6-16(22)21(12-17)14-3-4-14/h2,5,10,14H,1,3-4,6-9,11-12H2/t17-/m0/s1. The van der Waals surface area contributed by atoms with Gasteiger partial charge in [-0.2, -0.15) is 0 Å². The molecule has 3 aliphatic rings. The molecular weight excluding hydrogens is 298 g/mol. The molecule has 2 aliphatic heterocycles. The number of rotatable bonds is 2. The molecule has 1 aliphatic carbocycles. The summed E-state index contributed by atoms with van der Waals surface area (Å²) >= 11 is 5.94. The summed E-state index contributed by atoms with van der Waals surface area (Å²) < 4.78 is 0. The van der Waals surface area contributed by atoms with Gasteiger partial charge in [0.2, 0.25) is 5.91 Å². The predicted octanol–water partition coefficient (Wildman–Crippen LogP) is 3.11. The number of carbonyl (C=O) groups excluding carboxylic acids is 1. The highest BCUT2D eigenvalue weighted by atomic mass is 35.5. The quantitative estimate of drug-likeness (QED) is 0.840. The summed E-state index contributed by atoms with van der Waals surface area (Å²) in [5, 5.41) is 0.679.